The Labute approximate surface area is 230 Å². The van der Waals surface area contributed by atoms with Gasteiger partial charge in [-0.3, -0.25) is 4.79 Å². The summed E-state index contributed by atoms with van der Waals surface area (Å²) in [5.41, 5.74) is 7.50. The molecular weight excluding hydrogens is 490 g/mol. The molecule has 4 saturated carbocycles. The second-order valence-corrected chi connectivity index (χ2v) is 12.4. The average Bonchev–Trinajstić information content (AvgIpc) is 3.16. The first-order chi connectivity index (χ1) is 18.2. The molecule has 38 heavy (non-hydrogen) atoms. The number of nitrogens with one attached hydrogen (secondary N) is 1. The molecule has 4 bridgehead atoms. The molecule has 4 fully saturated rings. The fourth-order valence-corrected chi connectivity index (χ4v) is 8.15. The maximum Gasteiger partial charge on any atom is 0.266 e. The molecule has 194 valence electrons. The molecule has 4 nitrogen and oxygen atoms in total. The number of anilines is 1. The number of carbonyl (C=O) groups excluding carboxylic acids is 1. The fourth-order valence-electron chi connectivity index (χ4n) is 7.98. The maximum absolute atomic E-state index is 12.9. The molecule has 1 amide bonds. The average molecular weight is 524 g/mol. The van der Waals surface area contributed by atoms with Crippen LogP contribution in [0.25, 0.3) is 11.8 Å². The first-order valence-corrected chi connectivity index (χ1v) is 14.1. The van der Waals surface area contributed by atoms with Gasteiger partial charge in [0.05, 0.1) is 0 Å². The van der Waals surface area contributed by atoms with Crippen LogP contribution in [0.3, 0.4) is 0 Å². The number of nitriles is 1. The first-order valence-electron chi connectivity index (χ1n) is 13.7. The van der Waals surface area contributed by atoms with Crippen molar-refractivity contribution in [3.05, 3.63) is 87.2 Å². The van der Waals surface area contributed by atoms with Gasteiger partial charge in [0.2, 0.25) is 0 Å². The van der Waals surface area contributed by atoms with Gasteiger partial charge in [-0.1, -0.05) is 29.8 Å². The van der Waals surface area contributed by atoms with E-state index in [1.165, 1.54) is 44.1 Å². The molecule has 0 unspecified atom stereocenters. The Kier molecular flexibility index (Phi) is 6.23. The topological polar surface area (TPSA) is 57.8 Å². The van der Waals surface area contributed by atoms with Crippen molar-refractivity contribution in [3.63, 3.8) is 0 Å². The Bertz CT molecular complexity index is 1450. The molecule has 0 saturated heterocycles. The summed E-state index contributed by atoms with van der Waals surface area (Å²) >= 11 is 6.10. The summed E-state index contributed by atoms with van der Waals surface area (Å²) in [6, 6.07) is 18.7. The lowest BCUT2D eigenvalue weighted by Gasteiger charge is -2.57. The van der Waals surface area contributed by atoms with Crippen molar-refractivity contribution in [1.29, 1.82) is 5.26 Å². The Morgan fingerprint density at radius 1 is 1.00 bits per heavy atom. The van der Waals surface area contributed by atoms with Crippen molar-refractivity contribution in [2.45, 2.75) is 64.7 Å². The van der Waals surface area contributed by atoms with Gasteiger partial charge in [-0.15, -0.1) is 0 Å². The quantitative estimate of drug-likeness (QED) is 0.271. The summed E-state index contributed by atoms with van der Waals surface area (Å²) in [6.07, 6.45) is 10.1. The highest BCUT2D eigenvalue weighted by Gasteiger charge is 2.51. The first kappa shape index (κ1) is 25.0. The third-order valence-electron chi connectivity index (χ3n) is 9.36. The van der Waals surface area contributed by atoms with Crippen molar-refractivity contribution in [1.82, 2.24) is 4.57 Å². The minimum absolute atomic E-state index is 0.0572. The Hall–Kier alpha value is -3.29. The van der Waals surface area contributed by atoms with Crippen molar-refractivity contribution in [2.24, 2.45) is 17.8 Å². The molecule has 1 heterocycles. The van der Waals surface area contributed by atoms with E-state index in [1.54, 1.807) is 18.2 Å². The molecule has 3 aromatic rings. The second-order valence-electron chi connectivity index (χ2n) is 12.0. The highest BCUT2D eigenvalue weighted by atomic mass is 35.5. The van der Waals surface area contributed by atoms with Crippen molar-refractivity contribution >= 4 is 29.3 Å². The number of rotatable bonds is 5. The number of amides is 1. The molecule has 4 aliphatic carbocycles. The Morgan fingerprint density at radius 2 is 1.63 bits per heavy atom. The van der Waals surface area contributed by atoms with Crippen LogP contribution in [0.15, 0.2) is 54.1 Å². The van der Waals surface area contributed by atoms with Crippen LogP contribution in [-0.4, -0.2) is 10.5 Å². The molecule has 4 aliphatic rings. The third kappa shape index (κ3) is 4.37. The van der Waals surface area contributed by atoms with E-state index in [0.717, 1.165) is 46.0 Å². The zero-order valence-electron chi connectivity index (χ0n) is 22.4. The summed E-state index contributed by atoms with van der Waals surface area (Å²) in [7, 11) is 0. The number of aromatic nitrogens is 1. The van der Waals surface area contributed by atoms with Gasteiger partial charge in [-0.05, 0) is 136 Å². The summed E-state index contributed by atoms with van der Waals surface area (Å²) in [5, 5.41) is 13.1. The van der Waals surface area contributed by atoms with Crippen molar-refractivity contribution in [2.75, 3.05) is 5.32 Å². The van der Waals surface area contributed by atoms with Crippen LogP contribution in [0.5, 0.6) is 0 Å². The number of aryl methyl sites for hydroxylation is 2. The van der Waals surface area contributed by atoms with E-state index < -0.39 is 5.91 Å². The van der Waals surface area contributed by atoms with Gasteiger partial charge in [0.15, 0.2) is 0 Å². The van der Waals surface area contributed by atoms with E-state index >= 15 is 0 Å². The lowest BCUT2D eigenvalue weighted by atomic mass is 9.48. The Balaban J connectivity index is 1.26. The summed E-state index contributed by atoms with van der Waals surface area (Å²) in [4.78, 5) is 12.9. The monoisotopic (exact) mass is 523 g/mol. The molecule has 1 aromatic heterocycles. The molecular formula is C33H34ClN3O. The molecule has 2 aromatic carbocycles. The van der Waals surface area contributed by atoms with E-state index in [-0.39, 0.29) is 5.57 Å². The lowest BCUT2D eigenvalue weighted by molar-refractivity contribution is -0.112. The highest BCUT2D eigenvalue weighted by Crippen LogP contribution is 2.60. The highest BCUT2D eigenvalue weighted by molar-refractivity contribution is 6.31. The summed E-state index contributed by atoms with van der Waals surface area (Å²) in [5.74, 6) is 2.35. The predicted molar refractivity (Wildman–Crippen MR) is 154 cm³/mol. The lowest BCUT2D eigenvalue weighted by Crippen LogP contribution is -2.48. The zero-order chi connectivity index (χ0) is 26.6. The minimum Gasteiger partial charge on any atom is -0.321 e. The number of carbonyl (C=O) groups is 1. The van der Waals surface area contributed by atoms with Crippen LogP contribution >= 0.6 is 11.6 Å². The van der Waals surface area contributed by atoms with Crippen LogP contribution in [0.2, 0.25) is 5.02 Å². The standard InChI is InChI=1S/C33H34ClN3O/c1-20-4-7-29(34)15-31(20)36-32(38)27(19-35)14-26-10-21(2)37(22(26)3)30-8-5-28(6-9-30)33-16-23-11-24(17-33)13-25(12-23)18-33/h4-10,14-15,23-25H,11-13,16-18H2,1-3H3,(H,36,38)/b27-14-. The van der Waals surface area contributed by atoms with E-state index in [9.17, 15) is 10.1 Å². The van der Waals surface area contributed by atoms with Crippen molar-refractivity contribution in [3.8, 4) is 11.8 Å². The van der Waals surface area contributed by atoms with Gasteiger partial charge in [0.1, 0.15) is 11.6 Å². The van der Waals surface area contributed by atoms with Gasteiger partial charge in [-0.25, -0.2) is 0 Å². The second kappa shape index (κ2) is 9.47. The van der Waals surface area contributed by atoms with Crippen LogP contribution in [0.4, 0.5) is 5.69 Å². The molecule has 7 rings (SSSR count). The van der Waals surface area contributed by atoms with Gasteiger partial charge in [0.25, 0.3) is 5.91 Å². The summed E-state index contributed by atoms with van der Waals surface area (Å²) in [6.45, 7) is 6.00. The number of hydrogen-bond donors (Lipinski definition) is 1. The number of benzene rings is 2. The Morgan fingerprint density at radius 3 is 2.24 bits per heavy atom. The molecule has 5 heteroatoms. The zero-order valence-corrected chi connectivity index (χ0v) is 23.1. The third-order valence-corrected chi connectivity index (χ3v) is 9.59. The number of halogens is 1. The van der Waals surface area contributed by atoms with Gasteiger partial charge in [0, 0.05) is 27.8 Å². The number of hydrogen-bond acceptors (Lipinski definition) is 2. The normalized spacial score (nSPS) is 25.9. The van der Waals surface area contributed by atoms with Crippen molar-refractivity contribution < 1.29 is 4.79 Å². The predicted octanol–water partition coefficient (Wildman–Crippen LogP) is 8.07. The molecule has 0 spiro atoms. The van der Waals surface area contributed by atoms with Gasteiger partial charge in [-0.2, -0.15) is 5.26 Å². The van der Waals surface area contributed by atoms with Crippen LogP contribution in [-0.2, 0) is 10.2 Å². The maximum atomic E-state index is 12.9. The molecule has 0 atom stereocenters. The fraction of sp³-hybridized carbons (Fsp3) is 0.394. The van der Waals surface area contributed by atoms with Crippen LogP contribution < -0.4 is 5.32 Å². The minimum atomic E-state index is -0.442. The molecule has 1 N–H and O–H groups in total. The smallest absolute Gasteiger partial charge is 0.266 e. The molecule has 0 aliphatic heterocycles. The van der Waals surface area contributed by atoms with Crippen LogP contribution in [0, 0.1) is 49.9 Å². The number of nitrogens with zero attached hydrogens (tertiary/aromatic N) is 2. The van der Waals surface area contributed by atoms with E-state index in [1.807, 2.05) is 26.0 Å². The SMILES string of the molecule is Cc1ccc(Cl)cc1NC(=O)/C(C#N)=C\c1cc(C)n(-c2ccc(C34CC5CC(CC(C5)C3)C4)cc2)c1C. The van der Waals surface area contributed by atoms with E-state index in [4.69, 9.17) is 11.6 Å². The van der Waals surface area contributed by atoms with Crippen LogP contribution in [0.1, 0.15) is 66.6 Å². The summed E-state index contributed by atoms with van der Waals surface area (Å²) < 4.78 is 2.21. The van der Waals surface area contributed by atoms with Gasteiger partial charge >= 0.3 is 0 Å². The largest absolute Gasteiger partial charge is 0.321 e. The van der Waals surface area contributed by atoms with E-state index in [2.05, 4.69) is 47.1 Å². The molecule has 0 radical (unpaired) electrons. The van der Waals surface area contributed by atoms with Gasteiger partial charge < -0.3 is 9.88 Å². The van der Waals surface area contributed by atoms with E-state index in [0.29, 0.717) is 16.1 Å².